The normalized spacial score (nSPS) is 11.9. The van der Waals surface area contributed by atoms with Crippen LogP contribution in [0, 0.1) is 0 Å². The van der Waals surface area contributed by atoms with Gasteiger partial charge < -0.3 is 47.4 Å². The van der Waals surface area contributed by atoms with E-state index in [-0.39, 0.29) is 11.8 Å². The first-order valence-corrected chi connectivity index (χ1v) is 13.6. The maximum absolute atomic E-state index is 11.2. The van der Waals surface area contributed by atoms with Gasteiger partial charge in [0.15, 0.2) is 0 Å². The van der Waals surface area contributed by atoms with Gasteiger partial charge in [0.05, 0.1) is 12.1 Å². The summed E-state index contributed by atoms with van der Waals surface area (Å²) >= 11 is 10.5. The summed E-state index contributed by atoms with van der Waals surface area (Å²) < 4.78 is 8.19. The SMILES string of the molecule is CCCCCCCCNC(=O)C(N)C[S-].CCCCCCCCNC(=O)C(N)C[S-].[O]=[V+2]. The van der Waals surface area contributed by atoms with E-state index in [1.54, 1.807) is 0 Å². The van der Waals surface area contributed by atoms with E-state index in [2.05, 4.69) is 24.5 Å². The van der Waals surface area contributed by atoms with Crippen LogP contribution in [0.1, 0.15) is 90.9 Å². The van der Waals surface area contributed by atoms with E-state index in [0.29, 0.717) is 11.5 Å². The number of hydrogen-bond donors (Lipinski definition) is 4. The van der Waals surface area contributed by atoms with Gasteiger partial charge in [-0.2, -0.15) is 11.5 Å². The molecule has 0 radical (unpaired) electrons. The molecule has 10 heteroatoms. The van der Waals surface area contributed by atoms with Crippen molar-refractivity contribution in [2.45, 2.75) is 103 Å². The predicted octanol–water partition coefficient (Wildman–Crippen LogP) is 2.55. The molecule has 2 amide bonds. The Labute approximate surface area is 216 Å². The van der Waals surface area contributed by atoms with Crippen molar-refractivity contribution in [2.24, 2.45) is 11.5 Å². The maximum atomic E-state index is 11.2. The van der Waals surface area contributed by atoms with E-state index >= 15 is 0 Å². The van der Waals surface area contributed by atoms with Crippen LogP contribution in [0.5, 0.6) is 0 Å². The number of nitrogens with one attached hydrogen (secondary N) is 2. The van der Waals surface area contributed by atoms with E-state index < -0.39 is 12.1 Å². The van der Waals surface area contributed by atoms with E-state index in [0.717, 1.165) is 43.3 Å². The van der Waals surface area contributed by atoms with Gasteiger partial charge in [0.2, 0.25) is 11.8 Å². The Hall–Kier alpha value is -0.0556. The summed E-state index contributed by atoms with van der Waals surface area (Å²) in [7, 11) is 0. The van der Waals surface area contributed by atoms with E-state index in [9.17, 15) is 9.59 Å². The molecule has 189 valence electrons. The van der Waals surface area contributed by atoms with Gasteiger partial charge in [-0.1, -0.05) is 78.1 Å². The molecule has 0 saturated carbocycles. The van der Waals surface area contributed by atoms with Crippen LogP contribution in [0.3, 0.4) is 0 Å². The molecule has 0 aliphatic carbocycles. The quantitative estimate of drug-likeness (QED) is 0.159. The molecule has 0 aromatic rings. The summed E-state index contributed by atoms with van der Waals surface area (Å²) in [5, 5.41) is 5.59. The zero-order chi connectivity index (χ0) is 25.0. The fraction of sp³-hybridized carbons (Fsp3) is 0.909. The predicted molar refractivity (Wildman–Crippen MR) is 134 cm³/mol. The molecule has 32 heavy (non-hydrogen) atoms. The van der Waals surface area contributed by atoms with E-state index in [4.69, 9.17) is 40.4 Å². The monoisotopic (exact) mass is 529 g/mol. The minimum atomic E-state index is -0.514. The second-order valence-electron chi connectivity index (χ2n) is 7.66. The number of amides is 2. The first-order valence-electron chi connectivity index (χ1n) is 11.9. The summed E-state index contributed by atoms with van der Waals surface area (Å²) in [6, 6.07) is -1.03. The Kier molecular flexibility index (Phi) is 35.3. The Morgan fingerprint density at radius 2 is 0.938 bits per heavy atom. The van der Waals surface area contributed by atoms with Crippen LogP contribution in [-0.4, -0.2) is 48.5 Å². The standard InChI is InChI=1S/2C11H24N2OS.O.V/c2*1-2-3-4-5-6-7-8-13-11(14)10(12)9-15;;/h2*10,15H,2-9,12H2,1H3,(H,13,14);;/q;;;+2/p-2. The van der Waals surface area contributed by atoms with Gasteiger partial charge in [-0.3, -0.25) is 9.59 Å². The molecule has 6 N–H and O–H groups in total. The molecule has 0 spiro atoms. The molecular weight excluding hydrogens is 483 g/mol. The topological polar surface area (TPSA) is 127 Å². The first kappa shape index (κ1) is 36.5. The van der Waals surface area contributed by atoms with Crippen molar-refractivity contribution in [2.75, 3.05) is 24.6 Å². The number of carbonyl (C=O) groups is 2. The van der Waals surface area contributed by atoms with Crippen LogP contribution in [0.4, 0.5) is 0 Å². The van der Waals surface area contributed by atoms with E-state index in [1.165, 1.54) is 64.2 Å². The number of rotatable bonds is 18. The van der Waals surface area contributed by atoms with Crippen molar-refractivity contribution in [1.29, 1.82) is 0 Å². The molecule has 0 aliphatic heterocycles. The van der Waals surface area contributed by atoms with Gasteiger partial charge in [-0.05, 0) is 12.8 Å². The number of hydrogen-bond acceptors (Lipinski definition) is 7. The third-order valence-corrected chi connectivity index (χ3v) is 5.41. The van der Waals surface area contributed by atoms with Gasteiger partial charge >= 0.3 is 21.0 Å². The van der Waals surface area contributed by atoms with Crippen molar-refractivity contribution in [3.05, 3.63) is 0 Å². The van der Waals surface area contributed by atoms with Crippen LogP contribution in [0.15, 0.2) is 0 Å². The molecule has 0 saturated heterocycles. The Balaban J connectivity index is -0.000000487. The van der Waals surface area contributed by atoms with Crippen LogP contribution < -0.4 is 22.1 Å². The third-order valence-electron chi connectivity index (χ3n) is 4.69. The van der Waals surface area contributed by atoms with Crippen LogP contribution in [-0.2, 0) is 55.9 Å². The van der Waals surface area contributed by atoms with Crippen LogP contribution >= 0.6 is 0 Å². The Morgan fingerprint density at radius 3 is 1.22 bits per heavy atom. The third kappa shape index (κ3) is 28.0. The molecule has 2 atom stereocenters. The molecule has 0 bridgehead atoms. The summed E-state index contributed by atoms with van der Waals surface area (Å²) in [4.78, 5) is 22.4. The first-order chi connectivity index (χ1) is 15.4. The summed E-state index contributed by atoms with van der Waals surface area (Å²) in [5.41, 5.74) is 11.0. The van der Waals surface area contributed by atoms with Gasteiger partial charge in [0, 0.05) is 13.1 Å². The second-order valence-corrected chi connectivity index (χ2v) is 8.33. The Morgan fingerprint density at radius 1 is 0.656 bits per heavy atom. The zero-order valence-corrected chi connectivity index (χ0v) is 23.1. The fourth-order valence-corrected chi connectivity index (χ4v) is 2.95. The Bertz CT molecular complexity index is 389. The molecule has 7 nitrogen and oxygen atoms in total. The van der Waals surface area contributed by atoms with Gasteiger partial charge in [-0.15, -0.1) is 0 Å². The van der Waals surface area contributed by atoms with Crippen molar-refractivity contribution in [3.8, 4) is 0 Å². The molecular formula is C22H46N4O3S2V. The zero-order valence-electron chi connectivity index (χ0n) is 20.1. The number of carbonyl (C=O) groups excluding carboxylic acids is 2. The second kappa shape index (κ2) is 30.9. The van der Waals surface area contributed by atoms with Crippen molar-refractivity contribution < 1.29 is 30.6 Å². The van der Waals surface area contributed by atoms with Gasteiger partial charge in [-0.25, -0.2) is 0 Å². The summed E-state index contributed by atoms with van der Waals surface area (Å²) in [6.45, 7) is 5.87. The average Bonchev–Trinajstić information content (AvgIpc) is 2.83. The van der Waals surface area contributed by atoms with Gasteiger partial charge in [0.25, 0.3) is 0 Å². The summed E-state index contributed by atoms with van der Waals surface area (Å²) in [5.74, 6) is 0.363. The van der Waals surface area contributed by atoms with Crippen molar-refractivity contribution in [1.82, 2.24) is 10.6 Å². The minimum absolute atomic E-state index is 0.112. The molecule has 0 heterocycles. The average molecular weight is 530 g/mol. The molecule has 2 unspecified atom stereocenters. The molecule has 0 aliphatic rings. The molecule has 0 fully saturated rings. The number of unbranched alkanes of at least 4 members (excludes halogenated alkanes) is 10. The number of nitrogens with two attached hydrogens (primary N) is 2. The van der Waals surface area contributed by atoms with Gasteiger partial charge in [0.1, 0.15) is 0 Å². The van der Waals surface area contributed by atoms with E-state index in [1.807, 2.05) is 0 Å². The van der Waals surface area contributed by atoms with Crippen molar-refractivity contribution >= 4 is 37.1 Å². The molecule has 0 rings (SSSR count). The van der Waals surface area contributed by atoms with Crippen LogP contribution in [0.2, 0.25) is 0 Å². The molecule has 0 aromatic carbocycles. The van der Waals surface area contributed by atoms with Crippen molar-refractivity contribution in [3.63, 3.8) is 0 Å². The summed E-state index contributed by atoms with van der Waals surface area (Å²) in [6.07, 6.45) is 14.7. The fourth-order valence-electron chi connectivity index (χ4n) is 2.65. The van der Waals surface area contributed by atoms with Crippen LogP contribution in [0.25, 0.3) is 0 Å². The molecule has 0 aromatic heterocycles.